The first-order valence-electron chi connectivity index (χ1n) is 9.06. The molecule has 3 rings (SSSR count). The van der Waals surface area contributed by atoms with Gasteiger partial charge in [0, 0.05) is 19.0 Å². The Morgan fingerprint density at radius 3 is 2.30 bits per heavy atom. The number of benzene rings is 2. The van der Waals surface area contributed by atoms with E-state index < -0.39 is 10.0 Å². The van der Waals surface area contributed by atoms with E-state index in [2.05, 4.69) is 10.9 Å². The summed E-state index contributed by atoms with van der Waals surface area (Å²) >= 11 is 0. The SMILES string of the molecule is Cc1ccc(S(=O)(=O)N2CCC(C(=O)NNc3ccccc3)CC2)cc1C. The second-order valence-electron chi connectivity index (χ2n) is 6.90. The van der Waals surface area contributed by atoms with E-state index in [4.69, 9.17) is 0 Å². The lowest BCUT2D eigenvalue weighted by Gasteiger charge is -2.30. The van der Waals surface area contributed by atoms with Crippen LogP contribution in [-0.2, 0) is 14.8 Å². The van der Waals surface area contributed by atoms with Gasteiger partial charge in [0.1, 0.15) is 0 Å². The second-order valence-corrected chi connectivity index (χ2v) is 8.84. The Bertz CT molecular complexity index is 905. The molecule has 0 saturated carbocycles. The van der Waals surface area contributed by atoms with Gasteiger partial charge in [0.15, 0.2) is 0 Å². The topological polar surface area (TPSA) is 78.5 Å². The van der Waals surface area contributed by atoms with Crippen LogP contribution in [0.4, 0.5) is 5.69 Å². The molecule has 6 nitrogen and oxygen atoms in total. The van der Waals surface area contributed by atoms with Gasteiger partial charge in [-0.15, -0.1) is 0 Å². The number of nitrogens with one attached hydrogen (secondary N) is 2. The Balaban J connectivity index is 1.57. The van der Waals surface area contributed by atoms with Crippen LogP contribution in [0, 0.1) is 19.8 Å². The summed E-state index contributed by atoms with van der Waals surface area (Å²) in [5.74, 6) is -0.311. The van der Waals surface area contributed by atoms with E-state index in [1.54, 1.807) is 12.1 Å². The highest BCUT2D eigenvalue weighted by Crippen LogP contribution is 2.25. The summed E-state index contributed by atoms with van der Waals surface area (Å²) in [7, 11) is -3.52. The van der Waals surface area contributed by atoms with Crippen LogP contribution in [0.25, 0.3) is 0 Å². The monoisotopic (exact) mass is 387 g/mol. The largest absolute Gasteiger partial charge is 0.299 e. The smallest absolute Gasteiger partial charge is 0.243 e. The summed E-state index contributed by atoms with van der Waals surface area (Å²) in [6.45, 7) is 4.56. The number of carbonyl (C=O) groups is 1. The molecule has 0 radical (unpaired) electrons. The third kappa shape index (κ3) is 4.48. The van der Waals surface area contributed by atoms with Crippen molar-refractivity contribution >= 4 is 21.6 Å². The number of rotatable bonds is 5. The summed E-state index contributed by atoms with van der Waals surface area (Å²) in [5, 5.41) is 0. The molecule has 0 unspecified atom stereocenters. The van der Waals surface area contributed by atoms with Crippen molar-refractivity contribution in [1.29, 1.82) is 0 Å². The van der Waals surface area contributed by atoms with Crippen molar-refractivity contribution in [2.45, 2.75) is 31.6 Å². The standard InChI is InChI=1S/C20H25N3O3S/c1-15-8-9-19(14-16(15)2)27(25,26)23-12-10-17(11-13-23)20(24)22-21-18-6-4-3-5-7-18/h3-9,14,17,21H,10-13H2,1-2H3,(H,22,24). The Hall–Kier alpha value is -2.38. The first-order chi connectivity index (χ1) is 12.9. The maximum Gasteiger partial charge on any atom is 0.243 e. The molecule has 1 saturated heterocycles. The van der Waals surface area contributed by atoms with Crippen LogP contribution >= 0.6 is 0 Å². The third-order valence-corrected chi connectivity index (χ3v) is 6.94. The van der Waals surface area contributed by atoms with E-state index in [1.165, 1.54) is 4.31 Å². The minimum absolute atomic E-state index is 0.109. The predicted molar refractivity (Wildman–Crippen MR) is 106 cm³/mol. The van der Waals surface area contributed by atoms with Gasteiger partial charge in [0.25, 0.3) is 0 Å². The molecular formula is C20H25N3O3S. The van der Waals surface area contributed by atoms with E-state index in [9.17, 15) is 13.2 Å². The zero-order valence-electron chi connectivity index (χ0n) is 15.6. The van der Waals surface area contributed by atoms with Gasteiger partial charge in [0.05, 0.1) is 10.6 Å². The number of aryl methyl sites for hydroxylation is 2. The van der Waals surface area contributed by atoms with Crippen LogP contribution in [0.1, 0.15) is 24.0 Å². The van der Waals surface area contributed by atoms with E-state index in [0.717, 1.165) is 16.8 Å². The van der Waals surface area contributed by atoms with Crippen LogP contribution in [0.15, 0.2) is 53.4 Å². The van der Waals surface area contributed by atoms with Crippen molar-refractivity contribution in [1.82, 2.24) is 9.73 Å². The molecule has 0 aromatic heterocycles. The van der Waals surface area contributed by atoms with Gasteiger partial charge >= 0.3 is 0 Å². The highest BCUT2D eigenvalue weighted by atomic mass is 32.2. The predicted octanol–water partition coefficient (Wildman–Crippen LogP) is 2.85. The molecule has 1 fully saturated rings. The zero-order chi connectivity index (χ0) is 19.4. The number of carbonyl (C=O) groups excluding carboxylic acids is 1. The van der Waals surface area contributed by atoms with Crippen molar-refractivity contribution in [3.63, 3.8) is 0 Å². The van der Waals surface area contributed by atoms with Crippen molar-refractivity contribution in [2.75, 3.05) is 18.5 Å². The van der Waals surface area contributed by atoms with Crippen LogP contribution in [0.3, 0.4) is 0 Å². The van der Waals surface area contributed by atoms with Gasteiger partial charge in [-0.25, -0.2) is 8.42 Å². The molecule has 1 amide bonds. The summed E-state index contributed by atoms with van der Waals surface area (Å²) in [6, 6.07) is 14.6. The molecule has 2 aromatic rings. The van der Waals surface area contributed by atoms with Crippen molar-refractivity contribution in [2.24, 2.45) is 5.92 Å². The fraction of sp³-hybridized carbons (Fsp3) is 0.350. The minimum Gasteiger partial charge on any atom is -0.299 e. The van der Waals surface area contributed by atoms with E-state index in [-0.39, 0.29) is 11.8 Å². The van der Waals surface area contributed by atoms with E-state index in [1.807, 2.05) is 50.2 Å². The average molecular weight is 388 g/mol. The second kappa shape index (κ2) is 8.10. The molecule has 27 heavy (non-hydrogen) atoms. The first kappa shape index (κ1) is 19.4. The molecule has 1 aliphatic rings. The third-order valence-electron chi connectivity index (χ3n) is 5.04. The normalized spacial score (nSPS) is 16.1. The summed E-state index contributed by atoms with van der Waals surface area (Å²) in [5.41, 5.74) is 8.43. The number of piperidine rings is 1. The zero-order valence-corrected chi connectivity index (χ0v) is 16.4. The molecule has 1 heterocycles. The maximum absolute atomic E-state index is 12.9. The molecule has 0 aliphatic carbocycles. The minimum atomic E-state index is -3.52. The lowest BCUT2D eigenvalue weighted by molar-refractivity contribution is -0.125. The Labute approximate surface area is 160 Å². The van der Waals surface area contributed by atoms with Gasteiger partial charge < -0.3 is 0 Å². The van der Waals surface area contributed by atoms with Crippen molar-refractivity contribution in [3.8, 4) is 0 Å². The molecular weight excluding hydrogens is 362 g/mol. The molecule has 2 N–H and O–H groups in total. The van der Waals surface area contributed by atoms with E-state index in [0.29, 0.717) is 30.8 Å². The van der Waals surface area contributed by atoms with Gasteiger partial charge in [-0.1, -0.05) is 24.3 Å². The average Bonchev–Trinajstić information content (AvgIpc) is 2.69. The number of para-hydroxylation sites is 1. The van der Waals surface area contributed by atoms with Gasteiger partial charge in [-0.05, 0) is 62.1 Å². The fourth-order valence-corrected chi connectivity index (χ4v) is 4.69. The number of hydrazine groups is 1. The maximum atomic E-state index is 12.9. The molecule has 0 atom stereocenters. The number of nitrogens with zero attached hydrogens (tertiary/aromatic N) is 1. The molecule has 2 aromatic carbocycles. The molecule has 0 bridgehead atoms. The van der Waals surface area contributed by atoms with E-state index >= 15 is 0 Å². The van der Waals surface area contributed by atoms with Crippen molar-refractivity contribution < 1.29 is 13.2 Å². The highest BCUT2D eigenvalue weighted by molar-refractivity contribution is 7.89. The van der Waals surface area contributed by atoms with Gasteiger partial charge in [-0.2, -0.15) is 4.31 Å². The summed E-state index contributed by atoms with van der Waals surface area (Å²) in [6.07, 6.45) is 1.01. The number of hydrogen-bond acceptors (Lipinski definition) is 4. The molecule has 1 aliphatic heterocycles. The lowest BCUT2D eigenvalue weighted by Crippen LogP contribution is -2.44. The number of sulfonamides is 1. The highest BCUT2D eigenvalue weighted by Gasteiger charge is 2.32. The van der Waals surface area contributed by atoms with Crippen molar-refractivity contribution in [3.05, 3.63) is 59.7 Å². The Kier molecular flexibility index (Phi) is 5.82. The fourth-order valence-electron chi connectivity index (χ4n) is 3.14. The molecule has 0 spiro atoms. The number of anilines is 1. The Morgan fingerprint density at radius 1 is 1.00 bits per heavy atom. The molecule has 7 heteroatoms. The van der Waals surface area contributed by atoms with Gasteiger partial charge in [-0.3, -0.25) is 15.6 Å². The summed E-state index contributed by atoms with van der Waals surface area (Å²) < 4.78 is 27.2. The van der Waals surface area contributed by atoms with Crippen LogP contribution in [0.5, 0.6) is 0 Å². The van der Waals surface area contributed by atoms with Gasteiger partial charge in [0.2, 0.25) is 15.9 Å². The number of hydrogen-bond donors (Lipinski definition) is 2. The quantitative estimate of drug-likeness (QED) is 0.774. The molecule has 144 valence electrons. The summed E-state index contributed by atoms with van der Waals surface area (Å²) in [4.78, 5) is 12.7. The Morgan fingerprint density at radius 2 is 1.67 bits per heavy atom. The first-order valence-corrected chi connectivity index (χ1v) is 10.5. The lowest BCUT2D eigenvalue weighted by atomic mass is 9.98. The van der Waals surface area contributed by atoms with Crippen LogP contribution in [0.2, 0.25) is 0 Å². The van der Waals surface area contributed by atoms with Crippen LogP contribution in [-0.4, -0.2) is 31.7 Å². The van der Waals surface area contributed by atoms with Crippen LogP contribution < -0.4 is 10.9 Å². The number of amides is 1.